The highest BCUT2D eigenvalue weighted by Crippen LogP contribution is 2.24. The Bertz CT molecular complexity index is 408. The molecule has 0 bridgehead atoms. The van der Waals surface area contributed by atoms with Crippen LogP contribution in [0, 0.1) is 19.8 Å². The molecule has 94 valence electrons. The van der Waals surface area contributed by atoms with Crippen molar-refractivity contribution in [2.24, 2.45) is 5.92 Å². The molecule has 2 rings (SSSR count). The molecule has 1 N–H and O–H groups in total. The van der Waals surface area contributed by atoms with Gasteiger partial charge in [0.15, 0.2) is 0 Å². The van der Waals surface area contributed by atoms with Crippen LogP contribution in [-0.4, -0.2) is 11.9 Å². The van der Waals surface area contributed by atoms with E-state index in [1.165, 1.54) is 19.3 Å². The van der Waals surface area contributed by atoms with Gasteiger partial charge >= 0.3 is 0 Å². The van der Waals surface area contributed by atoms with E-state index in [9.17, 15) is 4.79 Å². The van der Waals surface area contributed by atoms with Crippen LogP contribution < -0.4 is 5.32 Å². The van der Waals surface area contributed by atoms with Crippen molar-refractivity contribution in [3.05, 3.63) is 23.2 Å². The summed E-state index contributed by atoms with van der Waals surface area (Å²) >= 11 is 0. The van der Waals surface area contributed by atoms with Gasteiger partial charge in [0, 0.05) is 6.04 Å². The van der Waals surface area contributed by atoms with E-state index in [-0.39, 0.29) is 5.91 Å². The third-order valence-corrected chi connectivity index (χ3v) is 3.71. The number of nitrogens with one attached hydrogen (secondary N) is 1. The van der Waals surface area contributed by atoms with Crippen molar-refractivity contribution in [2.75, 3.05) is 0 Å². The molecule has 2 unspecified atom stereocenters. The van der Waals surface area contributed by atoms with Gasteiger partial charge in [-0.05, 0) is 38.7 Å². The number of amides is 1. The summed E-state index contributed by atoms with van der Waals surface area (Å²) in [6, 6.07) is 2.14. The molecule has 0 radical (unpaired) electrons. The molecule has 1 amide bonds. The van der Waals surface area contributed by atoms with Crippen LogP contribution in [0.2, 0.25) is 0 Å². The second-order valence-corrected chi connectivity index (χ2v) is 5.17. The predicted molar refractivity (Wildman–Crippen MR) is 67.1 cm³/mol. The van der Waals surface area contributed by atoms with Crippen molar-refractivity contribution in [1.29, 1.82) is 0 Å². The van der Waals surface area contributed by atoms with Gasteiger partial charge in [-0.15, -0.1) is 0 Å². The molecule has 0 aromatic carbocycles. The van der Waals surface area contributed by atoms with Gasteiger partial charge in [0.25, 0.3) is 5.91 Å². The predicted octanol–water partition coefficient (Wildman–Crippen LogP) is 3.20. The van der Waals surface area contributed by atoms with Crippen LogP contribution in [0.25, 0.3) is 0 Å². The van der Waals surface area contributed by atoms with E-state index in [0.717, 1.165) is 12.2 Å². The average molecular weight is 235 g/mol. The van der Waals surface area contributed by atoms with Gasteiger partial charge in [-0.1, -0.05) is 19.8 Å². The fraction of sp³-hybridized carbons (Fsp3) is 0.643. The van der Waals surface area contributed by atoms with E-state index in [1.807, 2.05) is 19.9 Å². The standard InChI is InChI=1S/C14H21NO2/c1-9-6-4-5-7-13(9)15-14(16)12-8-10(2)17-11(12)3/h8-9,13H,4-7H2,1-3H3,(H,15,16). The van der Waals surface area contributed by atoms with Crippen LogP contribution in [0.5, 0.6) is 0 Å². The zero-order valence-electron chi connectivity index (χ0n) is 10.9. The van der Waals surface area contributed by atoms with Crippen LogP contribution >= 0.6 is 0 Å². The minimum atomic E-state index is 0.0121. The van der Waals surface area contributed by atoms with E-state index in [4.69, 9.17) is 4.42 Å². The Morgan fingerprint density at radius 2 is 2.06 bits per heavy atom. The van der Waals surface area contributed by atoms with E-state index in [2.05, 4.69) is 12.2 Å². The largest absolute Gasteiger partial charge is 0.466 e. The van der Waals surface area contributed by atoms with Crippen molar-refractivity contribution >= 4 is 5.91 Å². The maximum Gasteiger partial charge on any atom is 0.255 e. The number of aryl methyl sites for hydroxylation is 2. The number of hydrogen-bond acceptors (Lipinski definition) is 2. The second-order valence-electron chi connectivity index (χ2n) is 5.17. The van der Waals surface area contributed by atoms with Crippen LogP contribution in [0.1, 0.15) is 54.5 Å². The van der Waals surface area contributed by atoms with Crippen molar-refractivity contribution in [2.45, 2.75) is 52.5 Å². The minimum Gasteiger partial charge on any atom is -0.466 e. The normalized spacial score (nSPS) is 24.6. The first kappa shape index (κ1) is 12.2. The Labute approximate surface area is 103 Å². The highest BCUT2D eigenvalue weighted by atomic mass is 16.3. The molecular formula is C14H21NO2. The molecule has 1 aliphatic carbocycles. The molecule has 3 nitrogen and oxygen atoms in total. The fourth-order valence-electron chi connectivity index (χ4n) is 2.63. The Morgan fingerprint density at radius 3 is 2.65 bits per heavy atom. The Kier molecular flexibility index (Phi) is 3.55. The smallest absolute Gasteiger partial charge is 0.255 e. The highest BCUT2D eigenvalue weighted by Gasteiger charge is 2.24. The molecule has 1 aromatic heterocycles. The first-order valence-corrected chi connectivity index (χ1v) is 6.46. The zero-order chi connectivity index (χ0) is 12.4. The fourth-order valence-corrected chi connectivity index (χ4v) is 2.63. The summed E-state index contributed by atoms with van der Waals surface area (Å²) in [4.78, 5) is 12.1. The van der Waals surface area contributed by atoms with Crippen LogP contribution in [-0.2, 0) is 0 Å². The SMILES string of the molecule is Cc1cc(C(=O)NC2CCCCC2C)c(C)o1. The molecule has 1 aromatic rings. The lowest BCUT2D eigenvalue weighted by atomic mass is 9.86. The van der Waals surface area contributed by atoms with E-state index in [0.29, 0.717) is 23.3 Å². The number of rotatable bonds is 2. The molecule has 1 aliphatic rings. The van der Waals surface area contributed by atoms with Crippen LogP contribution in [0.3, 0.4) is 0 Å². The third-order valence-electron chi connectivity index (χ3n) is 3.71. The number of hydrogen-bond donors (Lipinski definition) is 1. The van der Waals surface area contributed by atoms with E-state index >= 15 is 0 Å². The summed E-state index contributed by atoms with van der Waals surface area (Å²) < 4.78 is 5.39. The number of carbonyl (C=O) groups excluding carboxylic acids is 1. The van der Waals surface area contributed by atoms with Crippen molar-refractivity contribution in [3.63, 3.8) is 0 Å². The van der Waals surface area contributed by atoms with E-state index in [1.54, 1.807) is 0 Å². The lowest BCUT2D eigenvalue weighted by molar-refractivity contribution is 0.0909. The lowest BCUT2D eigenvalue weighted by Crippen LogP contribution is -2.41. The summed E-state index contributed by atoms with van der Waals surface area (Å²) in [6.45, 7) is 5.93. The molecule has 1 fully saturated rings. The first-order valence-electron chi connectivity index (χ1n) is 6.46. The average Bonchev–Trinajstić information content (AvgIpc) is 2.61. The van der Waals surface area contributed by atoms with Crippen molar-refractivity contribution < 1.29 is 9.21 Å². The molecule has 3 heteroatoms. The Balaban J connectivity index is 2.03. The molecule has 0 saturated heterocycles. The second kappa shape index (κ2) is 4.94. The van der Waals surface area contributed by atoms with Gasteiger partial charge in [-0.3, -0.25) is 4.79 Å². The van der Waals surface area contributed by atoms with Crippen molar-refractivity contribution in [3.8, 4) is 0 Å². The van der Waals surface area contributed by atoms with Crippen LogP contribution in [0.15, 0.2) is 10.5 Å². The summed E-state index contributed by atoms with van der Waals surface area (Å²) in [5.74, 6) is 2.10. The molecular weight excluding hydrogens is 214 g/mol. The molecule has 17 heavy (non-hydrogen) atoms. The monoisotopic (exact) mass is 235 g/mol. The van der Waals surface area contributed by atoms with Gasteiger partial charge in [-0.2, -0.15) is 0 Å². The number of carbonyl (C=O) groups is 1. The molecule has 0 aliphatic heterocycles. The Morgan fingerprint density at radius 1 is 1.35 bits per heavy atom. The Hall–Kier alpha value is -1.25. The highest BCUT2D eigenvalue weighted by molar-refractivity contribution is 5.95. The molecule has 2 atom stereocenters. The quantitative estimate of drug-likeness (QED) is 0.855. The van der Waals surface area contributed by atoms with Gasteiger partial charge in [0.1, 0.15) is 11.5 Å². The maximum absolute atomic E-state index is 12.1. The van der Waals surface area contributed by atoms with Gasteiger partial charge in [0.2, 0.25) is 0 Å². The zero-order valence-corrected chi connectivity index (χ0v) is 10.9. The van der Waals surface area contributed by atoms with E-state index < -0.39 is 0 Å². The van der Waals surface area contributed by atoms with Gasteiger partial charge < -0.3 is 9.73 Å². The maximum atomic E-state index is 12.1. The number of furan rings is 1. The molecule has 0 spiro atoms. The third kappa shape index (κ3) is 2.71. The molecule has 1 saturated carbocycles. The summed E-state index contributed by atoms with van der Waals surface area (Å²) in [6.07, 6.45) is 4.83. The summed E-state index contributed by atoms with van der Waals surface area (Å²) in [5, 5.41) is 3.14. The minimum absolute atomic E-state index is 0.0121. The van der Waals surface area contributed by atoms with Gasteiger partial charge in [0.05, 0.1) is 5.56 Å². The van der Waals surface area contributed by atoms with Gasteiger partial charge in [-0.25, -0.2) is 0 Å². The van der Waals surface area contributed by atoms with Crippen LogP contribution in [0.4, 0.5) is 0 Å². The molecule has 1 heterocycles. The lowest BCUT2D eigenvalue weighted by Gasteiger charge is -2.29. The summed E-state index contributed by atoms with van der Waals surface area (Å²) in [5.41, 5.74) is 0.681. The topological polar surface area (TPSA) is 42.2 Å². The van der Waals surface area contributed by atoms with Crippen molar-refractivity contribution in [1.82, 2.24) is 5.32 Å². The first-order chi connectivity index (χ1) is 8.08. The summed E-state index contributed by atoms with van der Waals surface area (Å²) in [7, 11) is 0.